The van der Waals surface area contributed by atoms with Crippen LogP contribution >= 0.6 is 11.8 Å². The van der Waals surface area contributed by atoms with Crippen LogP contribution in [0.2, 0.25) is 0 Å². The van der Waals surface area contributed by atoms with Gasteiger partial charge in [-0.15, -0.1) is 0 Å². The second-order valence-corrected chi connectivity index (χ2v) is 7.97. The summed E-state index contributed by atoms with van der Waals surface area (Å²) in [5.74, 6) is 1.04. The summed E-state index contributed by atoms with van der Waals surface area (Å²) in [4.78, 5) is 1.78. The molecule has 0 saturated carbocycles. The predicted molar refractivity (Wildman–Crippen MR) is 78.7 cm³/mol. The quantitative estimate of drug-likeness (QED) is 0.862. The van der Waals surface area contributed by atoms with E-state index in [0.29, 0.717) is 18.0 Å². The van der Waals surface area contributed by atoms with Crippen molar-refractivity contribution in [2.45, 2.75) is 12.3 Å². The summed E-state index contributed by atoms with van der Waals surface area (Å²) in [5.41, 5.74) is 6.70. The number of sulfone groups is 1. The Hall–Kier alpha value is -0.950. The minimum atomic E-state index is -3.19. The highest BCUT2D eigenvalue weighted by molar-refractivity contribution is 8.01. The molecule has 2 N–H and O–H groups in total. The molecule has 1 unspecified atom stereocenters. The molecule has 7 heteroatoms. The van der Waals surface area contributed by atoms with Crippen LogP contribution < -0.4 is 10.6 Å². The van der Waals surface area contributed by atoms with Gasteiger partial charge in [-0.3, -0.25) is 0 Å². The SMILES string of the molecule is CCS(=O)(=O)C1CSCCN1c1ccc(F)cc1N. The van der Waals surface area contributed by atoms with E-state index >= 15 is 0 Å². The first-order valence-electron chi connectivity index (χ1n) is 6.06. The van der Waals surface area contributed by atoms with Crippen molar-refractivity contribution in [3.8, 4) is 0 Å². The maximum absolute atomic E-state index is 13.1. The van der Waals surface area contributed by atoms with Crippen LogP contribution in [0.4, 0.5) is 15.8 Å². The summed E-state index contributed by atoms with van der Waals surface area (Å²) in [6.07, 6.45) is 0. The smallest absolute Gasteiger partial charge is 0.171 e. The Bertz CT molecular complexity index is 563. The third-order valence-corrected chi connectivity index (χ3v) is 6.49. The van der Waals surface area contributed by atoms with Gasteiger partial charge in [-0.2, -0.15) is 11.8 Å². The monoisotopic (exact) mass is 304 g/mol. The molecule has 106 valence electrons. The van der Waals surface area contributed by atoms with Gasteiger partial charge in [0, 0.05) is 23.8 Å². The molecule has 1 aliphatic rings. The average molecular weight is 304 g/mol. The van der Waals surface area contributed by atoms with Crippen molar-refractivity contribution in [3.05, 3.63) is 24.0 Å². The van der Waals surface area contributed by atoms with Crippen LogP contribution in [0.1, 0.15) is 6.92 Å². The second-order valence-electron chi connectivity index (χ2n) is 4.38. The van der Waals surface area contributed by atoms with E-state index in [9.17, 15) is 12.8 Å². The zero-order chi connectivity index (χ0) is 14.0. The fourth-order valence-electron chi connectivity index (χ4n) is 2.13. The zero-order valence-corrected chi connectivity index (χ0v) is 12.3. The zero-order valence-electron chi connectivity index (χ0n) is 10.7. The summed E-state index contributed by atoms with van der Waals surface area (Å²) < 4.78 is 37.4. The van der Waals surface area contributed by atoms with Crippen LogP contribution in [0.5, 0.6) is 0 Å². The molecule has 1 aliphatic heterocycles. The van der Waals surface area contributed by atoms with Crippen molar-refractivity contribution >= 4 is 33.0 Å². The fraction of sp³-hybridized carbons (Fsp3) is 0.500. The van der Waals surface area contributed by atoms with E-state index in [2.05, 4.69) is 0 Å². The van der Waals surface area contributed by atoms with Crippen molar-refractivity contribution in [1.29, 1.82) is 0 Å². The van der Waals surface area contributed by atoms with E-state index in [-0.39, 0.29) is 11.4 Å². The Kier molecular flexibility index (Phi) is 4.25. The third-order valence-electron chi connectivity index (χ3n) is 3.20. The second kappa shape index (κ2) is 5.58. The van der Waals surface area contributed by atoms with Gasteiger partial charge in [0.25, 0.3) is 0 Å². The van der Waals surface area contributed by atoms with Gasteiger partial charge in [0.2, 0.25) is 0 Å². The molecular formula is C12H17FN2O2S2. The number of nitrogen functional groups attached to an aromatic ring is 1. The fourth-order valence-corrected chi connectivity index (χ4v) is 5.12. The number of anilines is 2. The summed E-state index contributed by atoms with van der Waals surface area (Å²) >= 11 is 1.62. The average Bonchev–Trinajstić information content (AvgIpc) is 2.39. The van der Waals surface area contributed by atoms with Crippen LogP contribution in [0.25, 0.3) is 0 Å². The minimum absolute atomic E-state index is 0.0931. The first-order chi connectivity index (χ1) is 8.95. The van der Waals surface area contributed by atoms with Crippen molar-refractivity contribution in [1.82, 2.24) is 0 Å². The standard InChI is InChI=1S/C12H17FN2O2S2/c1-2-19(16,17)12-8-18-6-5-15(12)11-4-3-9(13)7-10(11)14/h3-4,7,12H,2,5-6,8,14H2,1H3. The van der Waals surface area contributed by atoms with Crippen molar-refractivity contribution in [2.75, 3.05) is 34.4 Å². The molecule has 0 radical (unpaired) electrons. The van der Waals surface area contributed by atoms with Gasteiger partial charge in [0.1, 0.15) is 11.2 Å². The van der Waals surface area contributed by atoms with Gasteiger partial charge in [0.15, 0.2) is 9.84 Å². The lowest BCUT2D eigenvalue weighted by molar-refractivity contribution is 0.579. The molecule has 0 aromatic heterocycles. The molecule has 4 nitrogen and oxygen atoms in total. The Morgan fingerprint density at radius 3 is 2.89 bits per heavy atom. The van der Waals surface area contributed by atoms with E-state index in [4.69, 9.17) is 5.73 Å². The van der Waals surface area contributed by atoms with Crippen molar-refractivity contribution < 1.29 is 12.8 Å². The number of hydrogen-bond acceptors (Lipinski definition) is 5. The van der Waals surface area contributed by atoms with Gasteiger partial charge in [-0.05, 0) is 18.2 Å². The Labute approximate surface area is 117 Å². The number of thioether (sulfide) groups is 1. The van der Waals surface area contributed by atoms with E-state index in [0.717, 1.165) is 5.75 Å². The predicted octanol–water partition coefficient (Wildman–Crippen LogP) is 1.72. The highest BCUT2D eigenvalue weighted by Crippen LogP contribution is 2.31. The van der Waals surface area contributed by atoms with Gasteiger partial charge in [-0.1, -0.05) is 6.92 Å². The molecule has 2 rings (SSSR count). The summed E-state index contributed by atoms with van der Waals surface area (Å²) in [6.45, 7) is 2.24. The lowest BCUT2D eigenvalue weighted by Gasteiger charge is -2.37. The van der Waals surface area contributed by atoms with Gasteiger partial charge < -0.3 is 10.6 Å². The van der Waals surface area contributed by atoms with E-state index < -0.39 is 21.0 Å². The van der Waals surface area contributed by atoms with Crippen LogP contribution in [0, 0.1) is 5.82 Å². The highest BCUT2D eigenvalue weighted by Gasteiger charge is 2.33. The van der Waals surface area contributed by atoms with E-state index in [1.165, 1.54) is 12.1 Å². The van der Waals surface area contributed by atoms with Crippen molar-refractivity contribution in [2.24, 2.45) is 0 Å². The molecule has 1 fully saturated rings. The molecule has 0 spiro atoms. The van der Waals surface area contributed by atoms with Gasteiger partial charge in [0.05, 0.1) is 11.4 Å². The molecule has 0 aliphatic carbocycles. The molecule has 0 amide bonds. The number of nitrogens with two attached hydrogens (primary N) is 1. The number of benzene rings is 1. The van der Waals surface area contributed by atoms with E-state index in [1.807, 2.05) is 0 Å². The van der Waals surface area contributed by atoms with Gasteiger partial charge in [-0.25, -0.2) is 12.8 Å². The topological polar surface area (TPSA) is 63.4 Å². The Morgan fingerprint density at radius 2 is 2.26 bits per heavy atom. The molecule has 0 bridgehead atoms. The van der Waals surface area contributed by atoms with Gasteiger partial charge >= 0.3 is 0 Å². The molecule has 1 aromatic carbocycles. The molecule has 1 saturated heterocycles. The number of rotatable bonds is 3. The first kappa shape index (κ1) is 14.5. The molecule has 1 aromatic rings. The number of nitrogens with zero attached hydrogens (tertiary/aromatic N) is 1. The molecule has 19 heavy (non-hydrogen) atoms. The van der Waals surface area contributed by atoms with Crippen LogP contribution in [0.3, 0.4) is 0 Å². The largest absolute Gasteiger partial charge is 0.397 e. The first-order valence-corrected chi connectivity index (χ1v) is 8.93. The lowest BCUT2D eigenvalue weighted by atomic mass is 10.2. The van der Waals surface area contributed by atoms with Crippen LogP contribution in [0.15, 0.2) is 18.2 Å². The summed E-state index contributed by atoms with van der Waals surface area (Å²) in [7, 11) is -3.19. The van der Waals surface area contributed by atoms with Crippen LogP contribution in [-0.4, -0.2) is 37.6 Å². The normalized spacial score (nSPS) is 20.5. The molecular weight excluding hydrogens is 287 g/mol. The number of hydrogen-bond donors (Lipinski definition) is 1. The number of halogens is 1. The molecule has 1 heterocycles. The summed E-state index contributed by atoms with van der Waals surface area (Å²) in [5, 5.41) is -0.580. The maximum atomic E-state index is 13.1. The molecule has 1 atom stereocenters. The van der Waals surface area contributed by atoms with Crippen LogP contribution in [-0.2, 0) is 9.84 Å². The lowest BCUT2D eigenvalue weighted by Crippen LogP contribution is -2.48. The minimum Gasteiger partial charge on any atom is -0.397 e. The van der Waals surface area contributed by atoms with E-state index in [1.54, 1.807) is 29.7 Å². The van der Waals surface area contributed by atoms with Crippen molar-refractivity contribution in [3.63, 3.8) is 0 Å². The Morgan fingerprint density at radius 1 is 1.53 bits per heavy atom. The maximum Gasteiger partial charge on any atom is 0.171 e. The highest BCUT2D eigenvalue weighted by atomic mass is 32.2. The Balaban J connectivity index is 2.40. The third kappa shape index (κ3) is 2.97. The summed E-state index contributed by atoms with van der Waals surface area (Å²) in [6, 6.07) is 4.09.